The van der Waals surface area contributed by atoms with Gasteiger partial charge < -0.3 is 0 Å². The van der Waals surface area contributed by atoms with Crippen LogP contribution in [0.5, 0.6) is 0 Å². The van der Waals surface area contributed by atoms with Gasteiger partial charge in [-0.3, -0.25) is 0 Å². The third kappa shape index (κ3) is 2.23. The smallest absolute Gasteiger partial charge is 0.00908 e. The summed E-state index contributed by atoms with van der Waals surface area (Å²) in [7, 11) is 0. The summed E-state index contributed by atoms with van der Waals surface area (Å²) in [5, 5.41) is 0. The van der Waals surface area contributed by atoms with Crippen molar-refractivity contribution in [1.29, 1.82) is 0 Å². The standard InChI is InChI=1S/C21H36/c1-6-18-17-11-10-16-9-7-8-13-21(16,5)19(17)12-14-20(18,4)15(2)3/h16-19H,2,6-14H2,1,3-5H3. The van der Waals surface area contributed by atoms with Crippen LogP contribution < -0.4 is 0 Å². The first-order valence-electron chi connectivity index (χ1n) is 9.59. The van der Waals surface area contributed by atoms with Gasteiger partial charge in [-0.05, 0) is 80.0 Å². The Labute approximate surface area is 132 Å². The molecule has 0 spiro atoms. The van der Waals surface area contributed by atoms with E-state index in [2.05, 4.69) is 34.3 Å². The van der Waals surface area contributed by atoms with Crippen molar-refractivity contribution >= 4 is 0 Å². The van der Waals surface area contributed by atoms with Crippen LogP contribution in [-0.2, 0) is 0 Å². The minimum Gasteiger partial charge on any atom is -0.0996 e. The highest BCUT2D eigenvalue weighted by Crippen LogP contribution is 2.64. The summed E-state index contributed by atoms with van der Waals surface area (Å²) in [5.41, 5.74) is 2.53. The molecule has 120 valence electrons. The Hall–Kier alpha value is -0.260. The van der Waals surface area contributed by atoms with E-state index in [1.165, 1.54) is 63.4 Å². The maximum atomic E-state index is 4.39. The van der Waals surface area contributed by atoms with Gasteiger partial charge in [-0.25, -0.2) is 0 Å². The molecule has 3 fully saturated rings. The topological polar surface area (TPSA) is 0 Å². The molecule has 3 aliphatic rings. The van der Waals surface area contributed by atoms with Gasteiger partial charge in [0, 0.05) is 0 Å². The lowest BCUT2D eigenvalue weighted by atomic mass is 9.44. The Morgan fingerprint density at radius 3 is 2.48 bits per heavy atom. The highest BCUT2D eigenvalue weighted by molar-refractivity contribution is 5.14. The van der Waals surface area contributed by atoms with Crippen LogP contribution >= 0.6 is 0 Å². The minimum absolute atomic E-state index is 0.410. The summed E-state index contributed by atoms with van der Waals surface area (Å²) in [4.78, 5) is 0. The van der Waals surface area contributed by atoms with Gasteiger partial charge in [0.1, 0.15) is 0 Å². The van der Waals surface area contributed by atoms with Gasteiger partial charge in [0.25, 0.3) is 0 Å². The summed E-state index contributed by atoms with van der Waals surface area (Å²) in [5.74, 6) is 3.91. The van der Waals surface area contributed by atoms with Crippen LogP contribution in [0.4, 0.5) is 0 Å². The summed E-state index contributed by atoms with van der Waals surface area (Å²) in [6, 6.07) is 0. The maximum Gasteiger partial charge on any atom is -0.00908 e. The number of allylic oxidation sites excluding steroid dienone is 1. The highest BCUT2D eigenvalue weighted by Gasteiger charge is 2.55. The normalized spacial score (nSPS) is 50.1. The molecule has 6 unspecified atom stereocenters. The number of rotatable bonds is 2. The Kier molecular flexibility index (Phi) is 4.04. The van der Waals surface area contributed by atoms with Crippen molar-refractivity contribution in [1.82, 2.24) is 0 Å². The molecule has 0 aliphatic heterocycles. The molecule has 0 heteroatoms. The Morgan fingerprint density at radius 2 is 1.81 bits per heavy atom. The average Bonchev–Trinajstić information content (AvgIpc) is 2.46. The van der Waals surface area contributed by atoms with E-state index in [9.17, 15) is 0 Å². The van der Waals surface area contributed by atoms with Crippen molar-refractivity contribution in [3.8, 4) is 0 Å². The van der Waals surface area contributed by atoms with Crippen LogP contribution in [0.1, 0.15) is 85.5 Å². The van der Waals surface area contributed by atoms with E-state index >= 15 is 0 Å². The van der Waals surface area contributed by atoms with Gasteiger partial charge in [-0.2, -0.15) is 0 Å². The van der Waals surface area contributed by atoms with Gasteiger partial charge in [-0.1, -0.05) is 52.2 Å². The first-order valence-corrected chi connectivity index (χ1v) is 9.59. The van der Waals surface area contributed by atoms with Gasteiger partial charge in [0.05, 0.1) is 0 Å². The second-order valence-electron chi connectivity index (χ2n) is 9.05. The summed E-state index contributed by atoms with van der Waals surface area (Å²) >= 11 is 0. The number of hydrogen-bond donors (Lipinski definition) is 0. The molecule has 0 aromatic carbocycles. The zero-order valence-electron chi connectivity index (χ0n) is 14.9. The SMILES string of the molecule is C=C(C)C1(C)CCC2C(CCC3CCCCC32C)C1CC. The van der Waals surface area contributed by atoms with Crippen molar-refractivity contribution in [2.75, 3.05) is 0 Å². The monoisotopic (exact) mass is 288 g/mol. The van der Waals surface area contributed by atoms with Crippen LogP contribution in [-0.4, -0.2) is 0 Å². The Morgan fingerprint density at radius 1 is 1.05 bits per heavy atom. The molecule has 0 heterocycles. The fourth-order valence-corrected chi connectivity index (χ4v) is 6.90. The fourth-order valence-electron chi connectivity index (χ4n) is 6.90. The van der Waals surface area contributed by atoms with Gasteiger partial charge in [-0.15, -0.1) is 0 Å². The number of hydrogen-bond acceptors (Lipinski definition) is 0. The Balaban J connectivity index is 1.91. The first-order chi connectivity index (χ1) is 9.93. The van der Waals surface area contributed by atoms with Crippen LogP contribution in [0.3, 0.4) is 0 Å². The van der Waals surface area contributed by atoms with E-state index in [-0.39, 0.29) is 0 Å². The van der Waals surface area contributed by atoms with E-state index in [0.29, 0.717) is 10.8 Å². The number of fused-ring (bicyclic) bond motifs is 3. The first kappa shape index (κ1) is 15.6. The molecule has 0 aromatic heterocycles. The molecule has 0 bridgehead atoms. The van der Waals surface area contributed by atoms with Gasteiger partial charge in [0.2, 0.25) is 0 Å². The van der Waals surface area contributed by atoms with Crippen molar-refractivity contribution in [3.63, 3.8) is 0 Å². The largest absolute Gasteiger partial charge is 0.0996 e. The molecule has 3 aliphatic carbocycles. The minimum atomic E-state index is 0.410. The molecular weight excluding hydrogens is 252 g/mol. The van der Waals surface area contributed by atoms with E-state index in [0.717, 1.165) is 23.7 Å². The lowest BCUT2D eigenvalue weighted by molar-refractivity contribution is -0.104. The molecule has 0 amide bonds. The molecule has 0 nitrogen and oxygen atoms in total. The average molecular weight is 289 g/mol. The highest BCUT2D eigenvalue weighted by atomic mass is 14.6. The lowest BCUT2D eigenvalue weighted by Crippen LogP contribution is -2.53. The second-order valence-corrected chi connectivity index (χ2v) is 9.05. The molecule has 21 heavy (non-hydrogen) atoms. The summed E-state index contributed by atoms with van der Waals surface area (Å²) in [6.07, 6.45) is 13.3. The molecule has 0 saturated heterocycles. The molecule has 0 aromatic rings. The zero-order chi connectivity index (χ0) is 15.3. The summed E-state index contributed by atoms with van der Waals surface area (Å²) in [6.45, 7) is 14.3. The predicted molar refractivity (Wildman–Crippen MR) is 92.2 cm³/mol. The Bertz CT molecular complexity index is 408. The summed E-state index contributed by atoms with van der Waals surface area (Å²) < 4.78 is 0. The fraction of sp³-hybridized carbons (Fsp3) is 0.905. The van der Waals surface area contributed by atoms with Crippen molar-refractivity contribution in [2.24, 2.45) is 34.5 Å². The maximum absolute atomic E-state index is 4.39. The molecular formula is C21H36. The molecule has 0 N–H and O–H groups in total. The second kappa shape index (κ2) is 5.43. The molecule has 6 atom stereocenters. The third-order valence-electron chi connectivity index (χ3n) is 8.39. The van der Waals surface area contributed by atoms with Crippen LogP contribution in [0, 0.1) is 34.5 Å². The van der Waals surface area contributed by atoms with E-state index in [1.807, 2.05) is 0 Å². The van der Waals surface area contributed by atoms with Crippen LogP contribution in [0.2, 0.25) is 0 Å². The molecule has 3 rings (SSSR count). The predicted octanol–water partition coefficient (Wildman–Crippen LogP) is 6.61. The van der Waals surface area contributed by atoms with Gasteiger partial charge in [0.15, 0.2) is 0 Å². The van der Waals surface area contributed by atoms with Crippen LogP contribution in [0.25, 0.3) is 0 Å². The quantitative estimate of drug-likeness (QED) is 0.501. The zero-order valence-corrected chi connectivity index (χ0v) is 14.9. The lowest BCUT2D eigenvalue weighted by Gasteiger charge is -2.61. The van der Waals surface area contributed by atoms with Crippen molar-refractivity contribution in [2.45, 2.75) is 85.5 Å². The van der Waals surface area contributed by atoms with E-state index in [1.54, 1.807) is 0 Å². The van der Waals surface area contributed by atoms with E-state index in [4.69, 9.17) is 0 Å². The van der Waals surface area contributed by atoms with E-state index < -0.39 is 0 Å². The van der Waals surface area contributed by atoms with Crippen LogP contribution in [0.15, 0.2) is 12.2 Å². The van der Waals surface area contributed by atoms with Crippen molar-refractivity contribution < 1.29 is 0 Å². The van der Waals surface area contributed by atoms with Crippen molar-refractivity contribution in [3.05, 3.63) is 12.2 Å². The molecule has 0 radical (unpaired) electrons. The third-order valence-corrected chi connectivity index (χ3v) is 8.39. The molecule has 3 saturated carbocycles. The van der Waals surface area contributed by atoms with Gasteiger partial charge >= 0.3 is 0 Å².